The van der Waals surface area contributed by atoms with Crippen molar-refractivity contribution in [3.8, 4) is 0 Å². The third kappa shape index (κ3) is 27.1. The first-order valence-corrected chi connectivity index (χ1v) is 14.1. The summed E-state index contributed by atoms with van der Waals surface area (Å²) in [6.07, 6.45) is 23.1. The van der Waals surface area contributed by atoms with E-state index < -0.39 is 15.9 Å². The zero-order chi connectivity index (χ0) is 22.5. The topological polar surface area (TPSA) is 77.5 Å². The maximum Gasteiger partial charge on any atom is 1.00 e. The molecular formula is C24H48KNO4S. The number of rotatable bonds is 22. The first-order chi connectivity index (χ1) is 14.4. The molecule has 0 aromatic heterocycles. The minimum Gasteiger partial charge on any atom is -0.748 e. The quantitative estimate of drug-likeness (QED) is 0.134. The number of nitrogens with zero attached hydrogens (tertiary/aromatic N) is 1. The molecule has 7 heteroatoms. The van der Waals surface area contributed by atoms with Gasteiger partial charge in [0.05, 0.1) is 10.1 Å². The van der Waals surface area contributed by atoms with Crippen molar-refractivity contribution in [1.82, 2.24) is 4.90 Å². The van der Waals surface area contributed by atoms with Gasteiger partial charge in [-0.15, -0.1) is 0 Å². The molecule has 0 N–H and O–H groups in total. The van der Waals surface area contributed by atoms with Gasteiger partial charge in [0.1, 0.15) is 0 Å². The first kappa shape index (κ1) is 34.2. The molecule has 0 aliphatic rings. The van der Waals surface area contributed by atoms with Crippen LogP contribution in [0.4, 0.5) is 0 Å². The Morgan fingerprint density at radius 3 is 1.39 bits per heavy atom. The van der Waals surface area contributed by atoms with Crippen molar-refractivity contribution in [3.63, 3.8) is 0 Å². The van der Waals surface area contributed by atoms with Crippen molar-refractivity contribution in [2.75, 3.05) is 19.3 Å². The van der Waals surface area contributed by atoms with E-state index in [1.807, 2.05) is 0 Å². The van der Waals surface area contributed by atoms with Crippen LogP contribution in [0.3, 0.4) is 0 Å². The second kappa shape index (κ2) is 24.2. The number of hydrogen-bond donors (Lipinski definition) is 0. The summed E-state index contributed by atoms with van der Waals surface area (Å²) in [6.45, 7) is 2.60. The van der Waals surface area contributed by atoms with Crippen molar-refractivity contribution in [1.29, 1.82) is 0 Å². The van der Waals surface area contributed by atoms with Gasteiger partial charge in [-0.25, -0.2) is 8.42 Å². The Morgan fingerprint density at radius 2 is 1.03 bits per heavy atom. The summed E-state index contributed by atoms with van der Waals surface area (Å²) >= 11 is 0. The van der Waals surface area contributed by atoms with Gasteiger partial charge in [0, 0.05) is 25.8 Å². The average molecular weight is 486 g/mol. The Labute approximate surface area is 236 Å². The fraction of sp³-hybridized carbons (Fsp3) is 0.958. The second-order valence-corrected chi connectivity index (χ2v) is 10.4. The molecule has 180 valence electrons. The Kier molecular flexibility index (Phi) is 26.6. The molecule has 0 heterocycles. The van der Waals surface area contributed by atoms with Gasteiger partial charge in [-0.3, -0.25) is 4.79 Å². The predicted octanol–water partition coefficient (Wildman–Crippen LogP) is 3.43. The van der Waals surface area contributed by atoms with E-state index >= 15 is 0 Å². The number of unbranched alkanes of at least 4 members (excludes halogenated alkanes) is 16. The SMILES string of the molecule is CCCCCCCCCCCCCCCCCCCC(=O)N(C)CCCS(=O)(=O)[O-].[K+]. The molecule has 0 aliphatic carbocycles. The number of amides is 1. The molecule has 31 heavy (non-hydrogen) atoms. The zero-order valence-corrected chi connectivity index (χ0v) is 24.8. The number of carbonyl (C=O) groups excluding carboxylic acids is 1. The Hall–Kier alpha value is 1.02. The van der Waals surface area contributed by atoms with Gasteiger partial charge >= 0.3 is 51.4 Å². The summed E-state index contributed by atoms with van der Waals surface area (Å²) in [4.78, 5) is 13.5. The minimum atomic E-state index is -4.18. The maximum atomic E-state index is 12.0. The van der Waals surface area contributed by atoms with Gasteiger partial charge in [0.25, 0.3) is 0 Å². The summed E-state index contributed by atoms with van der Waals surface area (Å²) in [5, 5.41) is 0. The van der Waals surface area contributed by atoms with E-state index in [9.17, 15) is 17.8 Å². The fourth-order valence-electron chi connectivity index (χ4n) is 3.80. The van der Waals surface area contributed by atoms with E-state index in [4.69, 9.17) is 0 Å². The van der Waals surface area contributed by atoms with E-state index in [2.05, 4.69) is 6.92 Å². The van der Waals surface area contributed by atoms with Crippen molar-refractivity contribution in [2.24, 2.45) is 0 Å². The van der Waals surface area contributed by atoms with Crippen molar-refractivity contribution < 1.29 is 69.1 Å². The van der Waals surface area contributed by atoms with Crippen LogP contribution in [0.15, 0.2) is 0 Å². The molecule has 0 saturated heterocycles. The Morgan fingerprint density at radius 1 is 0.677 bits per heavy atom. The van der Waals surface area contributed by atoms with Gasteiger partial charge in [-0.2, -0.15) is 0 Å². The predicted molar refractivity (Wildman–Crippen MR) is 126 cm³/mol. The molecule has 0 radical (unpaired) electrons. The summed E-state index contributed by atoms with van der Waals surface area (Å²) in [6, 6.07) is 0. The average Bonchev–Trinajstić information content (AvgIpc) is 2.69. The normalized spacial score (nSPS) is 11.3. The van der Waals surface area contributed by atoms with E-state index in [0.717, 1.165) is 12.8 Å². The molecule has 0 fully saturated rings. The summed E-state index contributed by atoms with van der Waals surface area (Å²) in [7, 11) is -2.50. The van der Waals surface area contributed by atoms with Gasteiger partial charge in [-0.1, -0.05) is 110 Å². The smallest absolute Gasteiger partial charge is 0.748 e. The van der Waals surface area contributed by atoms with Crippen LogP contribution in [0.2, 0.25) is 0 Å². The second-order valence-electron chi connectivity index (χ2n) is 8.84. The molecular weight excluding hydrogens is 437 g/mol. The molecule has 0 aliphatic heterocycles. The molecule has 0 rings (SSSR count). The van der Waals surface area contributed by atoms with Crippen LogP contribution in [0.5, 0.6) is 0 Å². The largest absolute Gasteiger partial charge is 1.00 e. The van der Waals surface area contributed by atoms with Crippen molar-refractivity contribution in [2.45, 2.75) is 129 Å². The maximum absolute atomic E-state index is 12.0. The third-order valence-corrected chi connectivity index (χ3v) is 6.60. The van der Waals surface area contributed by atoms with Crippen molar-refractivity contribution in [3.05, 3.63) is 0 Å². The van der Waals surface area contributed by atoms with Crippen LogP contribution in [-0.4, -0.2) is 43.1 Å². The summed E-state index contributed by atoms with van der Waals surface area (Å²) in [5.74, 6) is -0.358. The molecule has 0 aromatic carbocycles. The van der Waals surface area contributed by atoms with Crippen LogP contribution in [-0.2, 0) is 14.9 Å². The summed E-state index contributed by atoms with van der Waals surface area (Å²) in [5.41, 5.74) is 0. The molecule has 0 unspecified atom stereocenters. The van der Waals surface area contributed by atoms with E-state index in [0.29, 0.717) is 13.0 Å². The molecule has 0 bridgehead atoms. The number of carbonyl (C=O) groups is 1. The molecule has 0 spiro atoms. The molecule has 1 amide bonds. The van der Waals surface area contributed by atoms with Crippen LogP contribution in [0.25, 0.3) is 0 Å². The van der Waals surface area contributed by atoms with E-state index in [1.54, 1.807) is 7.05 Å². The van der Waals surface area contributed by atoms with Crippen LogP contribution >= 0.6 is 0 Å². The standard InChI is InChI=1S/C24H49NO4S.K/c1-3-4-5-6-7-8-9-10-11-12-13-14-15-16-17-18-19-21-24(26)25(2)22-20-23-30(27,28)29;/h3-23H2,1-2H3,(H,27,28,29);/q;+1/p-1. The zero-order valence-electron chi connectivity index (χ0n) is 20.8. The Bertz CT molecular complexity index is 500. The van der Waals surface area contributed by atoms with Gasteiger partial charge < -0.3 is 9.45 Å². The molecule has 5 nitrogen and oxygen atoms in total. The van der Waals surface area contributed by atoms with E-state index in [-0.39, 0.29) is 63.7 Å². The molecule has 0 saturated carbocycles. The Balaban J connectivity index is 0. The van der Waals surface area contributed by atoms with Gasteiger partial charge in [0.2, 0.25) is 5.91 Å². The van der Waals surface area contributed by atoms with Gasteiger partial charge in [0.15, 0.2) is 0 Å². The monoisotopic (exact) mass is 485 g/mol. The van der Waals surface area contributed by atoms with E-state index in [1.165, 1.54) is 101 Å². The van der Waals surface area contributed by atoms with Crippen LogP contribution in [0, 0.1) is 0 Å². The fourth-order valence-corrected chi connectivity index (χ4v) is 4.28. The number of hydrogen-bond acceptors (Lipinski definition) is 4. The molecule has 0 atom stereocenters. The first-order valence-electron chi connectivity index (χ1n) is 12.5. The molecule has 0 aromatic rings. The van der Waals surface area contributed by atoms with Crippen molar-refractivity contribution >= 4 is 16.0 Å². The third-order valence-electron chi connectivity index (χ3n) is 5.81. The van der Waals surface area contributed by atoms with Gasteiger partial charge in [-0.05, 0) is 12.8 Å². The summed E-state index contributed by atoms with van der Waals surface area (Å²) < 4.78 is 31.7. The van der Waals surface area contributed by atoms with Crippen LogP contribution in [0.1, 0.15) is 129 Å². The minimum absolute atomic E-state index is 0. The van der Waals surface area contributed by atoms with Crippen LogP contribution < -0.4 is 51.4 Å².